The van der Waals surface area contributed by atoms with E-state index < -0.39 is 11.4 Å². The summed E-state index contributed by atoms with van der Waals surface area (Å²) in [4.78, 5) is 11.4. The van der Waals surface area contributed by atoms with E-state index in [0.717, 1.165) is 6.42 Å². The molecule has 0 heterocycles. The summed E-state index contributed by atoms with van der Waals surface area (Å²) in [5.74, 6) is -0.486. The van der Waals surface area contributed by atoms with Gasteiger partial charge in [-0.1, -0.05) is 19.0 Å². The van der Waals surface area contributed by atoms with Crippen molar-refractivity contribution < 1.29 is 15.1 Å². The van der Waals surface area contributed by atoms with E-state index in [9.17, 15) is 9.90 Å². The number of hydrogen-bond acceptors (Lipinski definition) is 3. The van der Waals surface area contributed by atoms with Crippen LogP contribution in [0.3, 0.4) is 0 Å². The van der Waals surface area contributed by atoms with Crippen LogP contribution in [-0.2, 0) is 4.79 Å². The fraction of sp³-hybridized carbons (Fsp3) is 0.800. The molecule has 0 saturated heterocycles. The van der Waals surface area contributed by atoms with Gasteiger partial charge in [-0.2, -0.15) is 0 Å². The van der Waals surface area contributed by atoms with Gasteiger partial charge in [0.2, 0.25) is 0 Å². The van der Waals surface area contributed by atoms with Crippen LogP contribution in [0, 0.1) is 16.7 Å². The lowest BCUT2D eigenvalue weighted by molar-refractivity contribution is -0.148. The van der Waals surface area contributed by atoms with E-state index >= 15 is 0 Å². The maximum absolute atomic E-state index is 11.4. The maximum atomic E-state index is 11.4. The minimum Gasteiger partial charge on any atom is -0.481 e. The summed E-state index contributed by atoms with van der Waals surface area (Å²) in [7, 11) is 0. The molecule has 2 aliphatic carbocycles. The van der Waals surface area contributed by atoms with Gasteiger partial charge < -0.3 is 10.3 Å². The maximum Gasteiger partial charge on any atom is 0.316 e. The highest BCUT2D eigenvalue weighted by molar-refractivity contribution is 6.09. The number of carboxylic acid groups (broad SMARTS) is 1. The molecule has 2 saturated carbocycles. The molecule has 0 aromatic carbocycles. The summed E-state index contributed by atoms with van der Waals surface area (Å²) in [6, 6.07) is 0. The lowest BCUT2D eigenvalue weighted by atomic mass is 9.69. The molecule has 0 aromatic rings. The van der Waals surface area contributed by atoms with Crippen molar-refractivity contribution in [1.82, 2.24) is 0 Å². The molecule has 2 aliphatic rings. The van der Waals surface area contributed by atoms with Gasteiger partial charge in [0.15, 0.2) is 0 Å². The average molecular weight is 197 g/mol. The summed E-state index contributed by atoms with van der Waals surface area (Å²) >= 11 is 0. The van der Waals surface area contributed by atoms with Crippen LogP contribution in [0.2, 0.25) is 0 Å². The van der Waals surface area contributed by atoms with E-state index in [1.54, 1.807) is 0 Å². The Labute approximate surface area is 82.6 Å². The van der Waals surface area contributed by atoms with E-state index in [0.29, 0.717) is 24.5 Å². The van der Waals surface area contributed by atoms with Crippen LogP contribution in [0.5, 0.6) is 0 Å². The van der Waals surface area contributed by atoms with Crippen molar-refractivity contribution in [1.29, 1.82) is 0 Å². The number of rotatable bonds is 1. The molecular weight excluding hydrogens is 182 g/mol. The molecule has 2 bridgehead atoms. The van der Waals surface area contributed by atoms with Crippen molar-refractivity contribution in [3.8, 4) is 0 Å². The quantitative estimate of drug-likeness (QED) is 0.496. The lowest BCUT2D eigenvalue weighted by Crippen LogP contribution is -2.43. The smallest absolute Gasteiger partial charge is 0.316 e. The van der Waals surface area contributed by atoms with E-state index in [1.165, 1.54) is 0 Å². The fourth-order valence-corrected chi connectivity index (χ4v) is 3.34. The summed E-state index contributed by atoms with van der Waals surface area (Å²) < 4.78 is 0. The van der Waals surface area contributed by atoms with Gasteiger partial charge in [-0.05, 0) is 30.6 Å². The van der Waals surface area contributed by atoms with Gasteiger partial charge >= 0.3 is 5.97 Å². The number of aliphatic carboxylic acids is 1. The van der Waals surface area contributed by atoms with Crippen LogP contribution in [-0.4, -0.2) is 22.0 Å². The zero-order valence-electron chi connectivity index (χ0n) is 8.45. The van der Waals surface area contributed by atoms with Gasteiger partial charge in [-0.15, -0.1) is 0 Å². The Morgan fingerprint density at radius 1 is 1.57 bits per heavy atom. The molecule has 0 aromatic heterocycles. The molecule has 2 N–H and O–H groups in total. The molecule has 2 unspecified atom stereocenters. The summed E-state index contributed by atoms with van der Waals surface area (Å²) in [6.45, 7) is 3.94. The summed E-state index contributed by atoms with van der Waals surface area (Å²) in [5.41, 5.74) is -0.724. The molecule has 14 heavy (non-hydrogen) atoms. The highest BCUT2D eigenvalue weighted by Gasteiger charge is 2.67. The molecule has 2 rings (SSSR count). The second-order valence-electron chi connectivity index (χ2n) is 4.92. The van der Waals surface area contributed by atoms with Gasteiger partial charge in [0.1, 0.15) is 5.41 Å². The molecule has 78 valence electrons. The zero-order valence-corrected chi connectivity index (χ0v) is 8.45. The van der Waals surface area contributed by atoms with Gasteiger partial charge in [0, 0.05) is 0 Å². The molecule has 2 atom stereocenters. The number of nitrogens with zero attached hydrogens (tertiary/aromatic N) is 1. The predicted molar refractivity (Wildman–Crippen MR) is 50.4 cm³/mol. The van der Waals surface area contributed by atoms with Crippen molar-refractivity contribution in [3.05, 3.63) is 0 Å². The molecule has 2 fully saturated rings. The normalized spacial score (nSPS) is 41.9. The standard InChI is InChI=1S/C10H15NO3/c1-9(2)6-3-4-10(9,8(12)13)7(5-6)11-14/h6,14H,3-5H2,1-2H3,(H,12,13)/b11-7+. The van der Waals surface area contributed by atoms with E-state index in [4.69, 9.17) is 5.21 Å². The number of carboxylic acids is 1. The number of hydrogen-bond donors (Lipinski definition) is 2. The first kappa shape index (κ1) is 9.49. The monoisotopic (exact) mass is 197 g/mol. The third-order valence-corrected chi connectivity index (χ3v) is 4.41. The minimum atomic E-state index is -0.910. The SMILES string of the molecule is CC1(C)C2CCC1(C(=O)O)/C(=N/O)C2. The first-order valence-electron chi connectivity index (χ1n) is 4.91. The Balaban J connectivity index is 2.57. The minimum absolute atomic E-state index is 0.277. The third-order valence-electron chi connectivity index (χ3n) is 4.41. The van der Waals surface area contributed by atoms with Crippen molar-refractivity contribution in [2.45, 2.75) is 33.1 Å². The summed E-state index contributed by atoms with van der Waals surface area (Å²) in [6.07, 6.45) is 2.17. The van der Waals surface area contributed by atoms with Crippen molar-refractivity contribution in [2.75, 3.05) is 0 Å². The number of oxime groups is 1. The number of carbonyl (C=O) groups is 1. The molecule has 4 nitrogen and oxygen atoms in total. The van der Waals surface area contributed by atoms with Gasteiger partial charge in [0.25, 0.3) is 0 Å². The van der Waals surface area contributed by atoms with E-state index in [-0.39, 0.29) is 5.41 Å². The van der Waals surface area contributed by atoms with E-state index in [1.807, 2.05) is 13.8 Å². The van der Waals surface area contributed by atoms with Crippen LogP contribution in [0.1, 0.15) is 33.1 Å². The molecule has 4 heteroatoms. The Morgan fingerprint density at radius 3 is 2.57 bits per heavy atom. The fourth-order valence-electron chi connectivity index (χ4n) is 3.34. The van der Waals surface area contributed by atoms with Crippen LogP contribution in [0.4, 0.5) is 0 Å². The summed E-state index contributed by atoms with van der Waals surface area (Å²) in [5, 5.41) is 21.4. The van der Waals surface area contributed by atoms with Crippen molar-refractivity contribution >= 4 is 11.7 Å². The second kappa shape index (κ2) is 2.49. The Kier molecular flexibility index (Phi) is 1.69. The predicted octanol–water partition coefficient (Wildman–Crippen LogP) is 1.73. The highest BCUT2D eigenvalue weighted by atomic mass is 16.4. The van der Waals surface area contributed by atoms with Gasteiger partial charge in [-0.3, -0.25) is 4.79 Å². The van der Waals surface area contributed by atoms with Crippen molar-refractivity contribution in [2.24, 2.45) is 21.9 Å². The Bertz CT molecular complexity index is 321. The van der Waals surface area contributed by atoms with Crippen molar-refractivity contribution in [3.63, 3.8) is 0 Å². The molecule has 0 aliphatic heterocycles. The van der Waals surface area contributed by atoms with Crippen LogP contribution < -0.4 is 0 Å². The Hall–Kier alpha value is -1.06. The first-order valence-corrected chi connectivity index (χ1v) is 4.91. The first-order chi connectivity index (χ1) is 6.46. The number of fused-ring (bicyclic) bond motifs is 2. The molecule has 0 spiro atoms. The van der Waals surface area contributed by atoms with E-state index in [2.05, 4.69) is 5.16 Å². The highest BCUT2D eigenvalue weighted by Crippen LogP contribution is 2.64. The lowest BCUT2D eigenvalue weighted by Gasteiger charge is -2.33. The third kappa shape index (κ3) is 0.751. The van der Waals surface area contributed by atoms with Crippen LogP contribution >= 0.6 is 0 Å². The van der Waals surface area contributed by atoms with Crippen LogP contribution in [0.15, 0.2) is 5.16 Å². The van der Waals surface area contributed by atoms with Crippen LogP contribution in [0.25, 0.3) is 0 Å². The molecule has 0 amide bonds. The zero-order chi connectivity index (χ0) is 10.6. The second-order valence-corrected chi connectivity index (χ2v) is 4.92. The molecule has 0 radical (unpaired) electrons. The molecular formula is C10H15NO3. The largest absolute Gasteiger partial charge is 0.481 e. The van der Waals surface area contributed by atoms with Gasteiger partial charge in [-0.25, -0.2) is 0 Å². The van der Waals surface area contributed by atoms with Gasteiger partial charge in [0.05, 0.1) is 5.71 Å². The Morgan fingerprint density at radius 2 is 2.21 bits per heavy atom. The average Bonchev–Trinajstić information content (AvgIpc) is 2.51. The topological polar surface area (TPSA) is 69.9 Å².